The largest absolute Gasteiger partial charge is 0.220 e. The first-order chi connectivity index (χ1) is 6.09. The number of nitrogens with zero attached hydrogens (tertiary/aromatic N) is 2. The van der Waals surface area contributed by atoms with E-state index < -0.39 is 0 Å². The van der Waals surface area contributed by atoms with Crippen LogP contribution in [0.5, 0.6) is 0 Å². The molecule has 5 heteroatoms. The van der Waals surface area contributed by atoms with Crippen molar-refractivity contribution in [3.8, 4) is 0 Å². The molecule has 1 aliphatic carbocycles. The molecule has 1 saturated carbocycles. The highest BCUT2D eigenvalue weighted by molar-refractivity contribution is 14.1. The van der Waals surface area contributed by atoms with E-state index in [2.05, 4.69) is 16.9 Å². The third kappa shape index (κ3) is 1.92. The van der Waals surface area contributed by atoms with Crippen LogP contribution in [0, 0.1) is 9.49 Å². The lowest BCUT2D eigenvalue weighted by molar-refractivity contribution is 0.840. The average molecular weight is 329 g/mol. The quantitative estimate of drug-likeness (QED) is 0.582. The van der Waals surface area contributed by atoms with Crippen LogP contribution in [-0.4, -0.2) is 9.97 Å². The SMILES string of the molecule is CC1CC1c1nc(Cl)c(I)c(Cl)n1. The van der Waals surface area contributed by atoms with Gasteiger partial charge < -0.3 is 0 Å². The van der Waals surface area contributed by atoms with Gasteiger partial charge in [-0.2, -0.15) is 0 Å². The van der Waals surface area contributed by atoms with Gasteiger partial charge in [0.25, 0.3) is 0 Å². The molecule has 70 valence electrons. The molecule has 2 atom stereocenters. The number of hydrogen-bond donors (Lipinski definition) is 0. The molecule has 0 aromatic carbocycles. The molecule has 1 fully saturated rings. The van der Waals surface area contributed by atoms with E-state index in [1.54, 1.807) is 0 Å². The summed E-state index contributed by atoms with van der Waals surface area (Å²) in [6.45, 7) is 2.17. The molecule has 2 nitrogen and oxygen atoms in total. The van der Waals surface area contributed by atoms with Crippen LogP contribution in [0.25, 0.3) is 0 Å². The van der Waals surface area contributed by atoms with E-state index in [-0.39, 0.29) is 0 Å². The van der Waals surface area contributed by atoms with Crippen molar-refractivity contribution in [1.82, 2.24) is 9.97 Å². The molecule has 0 amide bonds. The van der Waals surface area contributed by atoms with E-state index in [0.717, 1.165) is 15.8 Å². The van der Waals surface area contributed by atoms with Gasteiger partial charge in [0.15, 0.2) is 0 Å². The van der Waals surface area contributed by atoms with Gasteiger partial charge in [0.1, 0.15) is 16.1 Å². The minimum atomic E-state index is 0.465. The third-order valence-corrected chi connectivity index (χ3v) is 4.44. The predicted octanol–water partition coefficient (Wildman–Crippen LogP) is 3.51. The molecule has 0 N–H and O–H groups in total. The molecule has 13 heavy (non-hydrogen) atoms. The Balaban J connectivity index is 2.39. The lowest BCUT2D eigenvalue weighted by Gasteiger charge is -2.01. The average Bonchev–Trinajstić information content (AvgIpc) is 2.77. The highest BCUT2D eigenvalue weighted by Crippen LogP contribution is 2.46. The van der Waals surface area contributed by atoms with Crippen LogP contribution >= 0.6 is 45.8 Å². The summed E-state index contributed by atoms with van der Waals surface area (Å²) >= 11 is 13.8. The maximum absolute atomic E-state index is 5.90. The van der Waals surface area contributed by atoms with E-state index in [9.17, 15) is 0 Å². The zero-order valence-electron chi connectivity index (χ0n) is 6.89. The van der Waals surface area contributed by atoms with Gasteiger partial charge in [0.05, 0.1) is 3.57 Å². The van der Waals surface area contributed by atoms with E-state index in [4.69, 9.17) is 23.2 Å². The Kier molecular flexibility index (Phi) is 2.68. The topological polar surface area (TPSA) is 25.8 Å². The molecule has 1 heterocycles. The fraction of sp³-hybridized carbons (Fsp3) is 0.500. The Morgan fingerprint density at radius 1 is 1.31 bits per heavy atom. The molecular weight excluding hydrogens is 322 g/mol. The molecule has 1 aromatic heterocycles. The first kappa shape index (κ1) is 9.93. The molecule has 0 saturated heterocycles. The molecule has 0 bridgehead atoms. The number of aromatic nitrogens is 2. The van der Waals surface area contributed by atoms with E-state index in [1.165, 1.54) is 0 Å². The highest BCUT2D eigenvalue weighted by atomic mass is 127. The monoisotopic (exact) mass is 328 g/mol. The number of rotatable bonds is 1. The summed E-state index contributed by atoms with van der Waals surface area (Å²) in [5.74, 6) is 1.93. The van der Waals surface area contributed by atoms with Crippen molar-refractivity contribution in [3.05, 3.63) is 19.7 Å². The fourth-order valence-corrected chi connectivity index (χ4v) is 1.90. The molecule has 0 aliphatic heterocycles. The van der Waals surface area contributed by atoms with Gasteiger partial charge in [-0.1, -0.05) is 30.1 Å². The van der Waals surface area contributed by atoms with Crippen molar-refractivity contribution in [2.24, 2.45) is 5.92 Å². The second-order valence-electron chi connectivity index (χ2n) is 3.30. The van der Waals surface area contributed by atoms with Crippen LogP contribution in [0.1, 0.15) is 25.1 Å². The second kappa shape index (κ2) is 3.51. The van der Waals surface area contributed by atoms with Crippen molar-refractivity contribution in [2.75, 3.05) is 0 Å². The third-order valence-electron chi connectivity index (χ3n) is 2.23. The first-order valence-corrected chi connectivity index (χ1v) is 5.81. The minimum Gasteiger partial charge on any atom is -0.220 e. The van der Waals surface area contributed by atoms with Crippen LogP contribution < -0.4 is 0 Å². The molecular formula is C8H7Cl2IN2. The second-order valence-corrected chi connectivity index (χ2v) is 5.09. The van der Waals surface area contributed by atoms with Gasteiger partial charge in [-0.05, 0) is 34.9 Å². The van der Waals surface area contributed by atoms with Crippen molar-refractivity contribution < 1.29 is 0 Å². The summed E-state index contributed by atoms with van der Waals surface area (Å²) in [5.41, 5.74) is 0. The maximum Gasteiger partial charge on any atom is 0.147 e. The lowest BCUT2D eigenvalue weighted by Crippen LogP contribution is -1.97. The number of hydrogen-bond acceptors (Lipinski definition) is 2. The summed E-state index contributed by atoms with van der Waals surface area (Å²) in [4.78, 5) is 8.42. The summed E-state index contributed by atoms with van der Waals surface area (Å²) in [5, 5.41) is 0.935. The van der Waals surface area contributed by atoms with Crippen LogP contribution in [0.2, 0.25) is 10.3 Å². The van der Waals surface area contributed by atoms with Crippen LogP contribution in [0.4, 0.5) is 0 Å². The van der Waals surface area contributed by atoms with Gasteiger partial charge in [0, 0.05) is 5.92 Å². The minimum absolute atomic E-state index is 0.465. The Morgan fingerprint density at radius 2 is 1.77 bits per heavy atom. The zero-order chi connectivity index (χ0) is 9.59. The Labute approximate surface area is 100 Å². The van der Waals surface area contributed by atoms with Gasteiger partial charge in [-0.3, -0.25) is 0 Å². The molecule has 1 aliphatic rings. The lowest BCUT2D eigenvalue weighted by atomic mass is 10.3. The zero-order valence-corrected chi connectivity index (χ0v) is 10.6. The Hall–Kier alpha value is 0.390. The molecule has 1 aromatic rings. The fourth-order valence-electron chi connectivity index (χ4n) is 1.26. The summed E-state index contributed by atoms with van der Waals surface area (Å²) in [7, 11) is 0. The maximum atomic E-state index is 5.90. The highest BCUT2D eigenvalue weighted by Gasteiger charge is 2.37. The first-order valence-electron chi connectivity index (χ1n) is 3.98. The Bertz CT molecular complexity index is 333. The van der Waals surface area contributed by atoms with Gasteiger partial charge in [-0.15, -0.1) is 0 Å². The van der Waals surface area contributed by atoms with Crippen molar-refractivity contribution >= 4 is 45.8 Å². The van der Waals surface area contributed by atoms with Gasteiger partial charge in [0.2, 0.25) is 0 Å². The van der Waals surface area contributed by atoms with E-state index in [0.29, 0.717) is 22.1 Å². The molecule has 0 spiro atoms. The summed E-state index contributed by atoms with van der Waals surface area (Å²) < 4.78 is 0.734. The molecule has 0 radical (unpaired) electrons. The number of halogens is 3. The standard InChI is InChI=1S/C8H7Cl2IN2/c1-3-2-4(3)8-12-6(9)5(11)7(10)13-8/h3-4H,2H2,1H3. The van der Waals surface area contributed by atoms with Crippen LogP contribution in [0.15, 0.2) is 0 Å². The summed E-state index contributed by atoms with van der Waals surface area (Å²) in [6, 6.07) is 0. The van der Waals surface area contributed by atoms with Crippen LogP contribution in [0.3, 0.4) is 0 Å². The smallest absolute Gasteiger partial charge is 0.147 e. The summed E-state index contributed by atoms with van der Waals surface area (Å²) in [6.07, 6.45) is 1.15. The van der Waals surface area contributed by atoms with Crippen LogP contribution in [-0.2, 0) is 0 Å². The van der Waals surface area contributed by atoms with E-state index >= 15 is 0 Å². The molecule has 2 rings (SSSR count). The van der Waals surface area contributed by atoms with Crippen molar-refractivity contribution in [3.63, 3.8) is 0 Å². The molecule has 2 unspecified atom stereocenters. The van der Waals surface area contributed by atoms with Gasteiger partial charge >= 0.3 is 0 Å². The van der Waals surface area contributed by atoms with Crippen molar-refractivity contribution in [1.29, 1.82) is 0 Å². The van der Waals surface area contributed by atoms with Gasteiger partial charge in [-0.25, -0.2) is 9.97 Å². The Morgan fingerprint density at radius 3 is 2.15 bits per heavy atom. The van der Waals surface area contributed by atoms with Crippen molar-refractivity contribution in [2.45, 2.75) is 19.3 Å². The normalized spacial score (nSPS) is 26.2. The predicted molar refractivity (Wildman–Crippen MR) is 61.3 cm³/mol. The van der Waals surface area contributed by atoms with E-state index in [1.807, 2.05) is 22.6 Å².